The highest BCUT2D eigenvalue weighted by molar-refractivity contribution is 7.84. The zero-order chi connectivity index (χ0) is 11.3. The highest BCUT2D eigenvalue weighted by Gasteiger charge is 2.17. The molecule has 3 heteroatoms. The van der Waals surface area contributed by atoms with Crippen LogP contribution in [0.25, 0.3) is 0 Å². The molecule has 0 aliphatic heterocycles. The average Bonchev–Trinajstić information content (AvgIpc) is 2.20. The molecule has 2 nitrogen and oxygen atoms in total. The van der Waals surface area contributed by atoms with Crippen molar-refractivity contribution in [2.45, 2.75) is 57.2 Å². The van der Waals surface area contributed by atoms with Gasteiger partial charge in [-0.1, -0.05) is 13.8 Å². The molecule has 15 heavy (non-hydrogen) atoms. The van der Waals surface area contributed by atoms with Gasteiger partial charge in [0.2, 0.25) is 0 Å². The average molecular weight is 231 g/mol. The normalized spacial score (nSPS) is 31.1. The van der Waals surface area contributed by atoms with Crippen molar-refractivity contribution in [2.24, 2.45) is 5.92 Å². The van der Waals surface area contributed by atoms with E-state index in [1.165, 1.54) is 25.7 Å². The van der Waals surface area contributed by atoms with Gasteiger partial charge in [-0.2, -0.15) is 0 Å². The Morgan fingerprint density at radius 1 is 1.33 bits per heavy atom. The van der Waals surface area contributed by atoms with Crippen molar-refractivity contribution in [1.82, 2.24) is 5.32 Å². The maximum Gasteiger partial charge on any atom is 0.0329 e. The van der Waals surface area contributed by atoms with E-state index >= 15 is 0 Å². The lowest BCUT2D eigenvalue weighted by Crippen LogP contribution is -2.34. The van der Waals surface area contributed by atoms with Gasteiger partial charge in [-0.15, -0.1) is 0 Å². The van der Waals surface area contributed by atoms with Crippen molar-refractivity contribution < 1.29 is 4.21 Å². The first-order chi connectivity index (χ1) is 7.09. The van der Waals surface area contributed by atoms with Gasteiger partial charge in [-0.25, -0.2) is 0 Å². The maximum absolute atomic E-state index is 11.2. The zero-order valence-corrected chi connectivity index (χ0v) is 11.1. The Bertz CT molecular complexity index is 200. The van der Waals surface area contributed by atoms with Crippen LogP contribution in [0, 0.1) is 5.92 Å². The van der Waals surface area contributed by atoms with Gasteiger partial charge < -0.3 is 5.32 Å². The van der Waals surface area contributed by atoms with E-state index in [1.807, 2.05) is 0 Å². The van der Waals surface area contributed by atoms with E-state index in [0.717, 1.165) is 24.9 Å². The predicted molar refractivity (Wildman–Crippen MR) is 67.6 cm³/mol. The highest BCUT2D eigenvalue weighted by atomic mass is 32.2. The van der Waals surface area contributed by atoms with E-state index in [9.17, 15) is 4.21 Å². The van der Waals surface area contributed by atoms with Gasteiger partial charge in [0.1, 0.15) is 0 Å². The molecule has 0 saturated heterocycles. The molecule has 90 valence electrons. The van der Waals surface area contributed by atoms with Crippen LogP contribution >= 0.6 is 0 Å². The second kappa shape index (κ2) is 6.64. The van der Waals surface area contributed by atoms with Crippen LogP contribution in [0.4, 0.5) is 0 Å². The maximum atomic E-state index is 11.2. The molecule has 1 N–H and O–H groups in total. The molecule has 0 radical (unpaired) electrons. The molecule has 0 spiro atoms. The van der Waals surface area contributed by atoms with E-state index in [-0.39, 0.29) is 0 Å². The molecule has 0 amide bonds. The predicted octanol–water partition coefficient (Wildman–Crippen LogP) is 2.31. The van der Waals surface area contributed by atoms with E-state index in [0.29, 0.717) is 5.25 Å². The fraction of sp³-hybridized carbons (Fsp3) is 1.00. The summed E-state index contributed by atoms with van der Waals surface area (Å²) in [6, 6.07) is 0.721. The highest BCUT2D eigenvalue weighted by Crippen LogP contribution is 2.23. The van der Waals surface area contributed by atoms with Crippen LogP contribution in [0.1, 0.15) is 46.0 Å². The Balaban J connectivity index is 2.07. The van der Waals surface area contributed by atoms with Crippen molar-refractivity contribution in [2.75, 3.05) is 12.8 Å². The molecule has 0 aromatic carbocycles. The van der Waals surface area contributed by atoms with E-state index < -0.39 is 10.8 Å². The van der Waals surface area contributed by atoms with Crippen LogP contribution in [-0.2, 0) is 10.8 Å². The molecule has 1 rings (SSSR count). The fourth-order valence-corrected chi connectivity index (χ4v) is 2.57. The summed E-state index contributed by atoms with van der Waals surface area (Å²) in [6.07, 6.45) is 8.22. The molecule has 0 heterocycles. The van der Waals surface area contributed by atoms with Gasteiger partial charge in [0.15, 0.2) is 0 Å². The number of nitrogens with one attached hydrogen (secondary N) is 1. The minimum Gasteiger partial charge on any atom is -0.314 e. The minimum atomic E-state index is -0.662. The summed E-state index contributed by atoms with van der Waals surface area (Å²) < 4.78 is 11.2. The molecule has 1 fully saturated rings. The number of rotatable bonds is 5. The first kappa shape index (κ1) is 13.2. The second-order valence-corrected chi connectivity index (χ2v) is 6.81. The minimum absolute atomic E-state index is 0.333. The Kier molecular flexibility index (Phi) is 5.83. The third-order valence-electron chi connectivity index (χ3n) is 3.57. The largest absolute Gasteiger partial charge is 0.314 e. The van der Waals surface area contributed by atoms with Gasteiger partial charge in [0.05, 0.1) is 0 Å². The quantitative estimate of drug-likeness (QED) is 0.787. The first-order valence-corrected chi connectivity index (χ1v) is 7.77. The summed E-state index contributed by atoms with van der Waals surface area (Å²) in [6.45, 7) is 5.44. The zero-order valence-electron chi connectivity index (χ0n) is 10.3. The third kappa shape index (κ3) is 5.12. The topological polar surface area (TPSA) is 29.1 Å². The van der Waals surface area contributed by atoms with E-state index in [4.69, 9.17) is 0 Å². The summed E-state index contributed by atoms with van der Waals surface area (Å²) in [5, 5.41) is 3.93. The lowest BCUT2D eigenvalue weighted by molar-refractivity contribution is 0.307. The molecule has 1 aliphatic carbocycles. The summed E-state index contributed by atoms with van der Waals surface area (Å²) in [4.78, 5) is 0. The van der Waals surface area contributed by atoms with Gasteiger partial charge in [0, 0.05) is 28.3 Å². The molecule has 2 atom stereocenters. The lowest BCUT2D eigenvalue weighted by Gasteiger charge is -2.27. The summed E-state index contributed by atoms with van der Waals surface area (Å²) in [7, 11) is -0.662. The molecular weight excluding hydrogens is 206 g/mol. The van der Waals surface area contributed by atoms with Crippen LogP contribution < -0.4 is 5.32 Å². The molecule has 1 saturated carbocycles. The number of hydrogen-bond donors (Lipinski definition) is 1. The summed E-state index contributed by atoms with van der Waals surface area (Å²) >= 11 is 0. The van der Waals surface area contributed by atoms with Crippen LogP contribution in [-0.4, -0.2) is 28.3 Å². The van der Waals surface area contributed by atoms with Gasteiger partial charge in [-0.05, 0) is 44.6 Å². The van der Waals surface area contributed by atoms with Crippen LogP contribution in [0.15, 0.2) is 0 Å². The Labute approximate surface area is 96.7 Å². The number of hydrogen-bond acceptors (Lipinski definition) is 2. The van der Waals surface area contributed by atoms with Crippen molar-refractivity contribution in [3.05, 3.63) is 0 Å². The van der Waals surface area contributed by atoms with Crippen molar-refractivity contribution >= 4 is 10.8 Å². The molecule has 0 aromatic heterocycles. The van der Waals surface area contributed by atoms with E-state index in [2.05, 4.69) is 19.2 Å². The van der Waals surface area contributed by atoms with Gasteiger partial charge in [0.25, 0.3) is 0 Å². The van der Waals surface area contributed by atoms with Crippen LogP contribution in [0.2, 0.25) is 0 Å². The lowest BCUT2D eigenvalue weighted by atomic mass is 9.87. The molecule has 1 aliphatic rings. The smallest absolute Gasteiger partial charge is 0.0329 e. The fourth-order valence-electron chi connectivity index (χ4n) is 2.12. The molecule has 0 aromatic rings. The second-order valence-electron chi connectivity index (χ2n) is 5.01. The van der Waals surface area contributed by atoms with Gasteiger partial charge in [-0.3, -0.25) is 4.21 Å². The van der Waals surface area contributed by atoms with E-state index in [1.54, 1.807) is 6.26 Å². The molecule has 2 unspecified atom stereocenters. The SMILES string of the molecule is CC1CCC(NCCC(C)S(C)=O)CC1. The standard InChI is InChI=1S/C12H25NOS/c1-10-4-6-12(7-5-10)13-9-8-11(2)15(3)14/h10-13H,4-9H2,1-3H3. The monoisotopic (exact) mass is 231 g/mol. The summed E-state index contributed by atoms with van der Waals surface area (Å²) in [5.74, 6) is 0.921. The van der Waals surface area contributed by atoms with Crippen molar-refractivity contribution in [3.8, 4) is 0 Å². The van der Waals surface area contributed by atoms with Crippen LogP contribution in [0.5, 0.6) is 0 Å². The first-order valence-electron chi connectivity index (χ1n) is 6.15. The Morgan fingerprint density at radius 3 is 2.47 bits per heavy atom. The van der Waals surface area contributed by atoms with Gasteiger partial charge >= 0.3 is 0 Å². The van der Waals surface area contributed by atoms with Crippen LogP contribution in [0.3, 0.4) is 0 Å². The van der Waals surface area contributed by atoms with Crippen molar-refractivity contribution in [1.29, 1.82) is 0 Å². The summed E-state index contributed by atoms with van der Waals surface area (Å²) in [5.41, 5.74) is 0. The third-order valence-corrected chi connectivity index (χ3v) is 4.94. The Hall–Kier alpha value is 0.110. The molecular formula is C12H25NOS. The Morgan fingerprint density at radius 2 is 1.93 bits per heavy atom. The molecule has 0 bridgehead atoms. The van der Waals surface area contributed by atoms with Crippen molar-refractivity contribution in [3.63, 3.8) is 0 Å².